The summed E-state index contributed by atoms with van der Waals surface area (Å²) in [5.41, 5.74) is 4.91. The number of hydrogen-bond donors (Lipinski definition) is 1. The van der Waals surface area contributed by atoms with Gasteiger partial charge in [0.15, 0.2) is 5.82 Å². The van der Waals surface area contributed by atoms with Crippen LogP contribution in [0.5, 0.6) is 0 Å². The average Bonchev–Trinajstić information content (AvgIpc) is 2.76. The van der Waals surface area contributed by atoms with Gasteiger partial charge in [0.25, 0.3) is 0 Å². The molecule has 6 nitrogen and oxygen atoms in total. The maximum Gasteiger partial charge on any atom is 0.322 e. The van der Waals surface area contributed by atoms with Gasteiger partial charge in [0.1, 0.15) is 0 Å². The molecule has 1 fully saturated rings. The van der Waals surface area contributed by atoms with Crippen LogP contribution in [-0.2, 0) is 0 Å². The lowest BCUT2D eigenvalue weighted by Crippen LogP contribution is -2.50. The SMILES string of the molecule is Cc1ccc(-c2ccc(N3CCN(C(=O)Nc4ccc(Cl)cc4Cl)CC3)nn2)c(C)c1. The highest BCUT2D eigenvalue weighted by Gasteiger charge is 2.23. The summed E-state index contributed by atoms with van der Waals surface area (Å²) in [5.74, 6) is 0.814. The Labute approximate surface area is 191 Å². The molecule has 1 saturated heterocycles. The fourth-order valence-electron chi connectivity index (χ4n) is 3.66. The molecular weight excluding hydrogens is 433 g/mol. The van der Waals surface area contributed by atoms with E-state index in [1.165, 1.54) is 11.1 Å². The molecule has 1 aliphatic rings. The number of urea groups is 1. The van der Waals surface area contributed by atoms with Crippen molar-refractivity contribution in [3.05, 3.63) is 69.7 Å². The average molecular weight is 456 g/mol. The van der Waals surface area contributed by atoms with Gasteiger partial charge in [-0.25, -0.2) is 4.79 Å². The summed E-state index contributed by atoms with van der Waals surface area (Å²) in [6, 6.07) is 15.1. The van der Waals surface area contributed by atoms with Gasteiger partial charge in [0, 0.05) is 36.8 Å². The lowest BCUT2D eigenvalue weighted by Gasteiger charge is -2.35. The molecule has 2 aromatic carbocycles. The summed E-state index contributed by atoms with van der Waals surface area (Å²) in [6.07, 6.45) is 0. The maximum absolute atomic E-state index is 12.6. The van der Waals surface area contributed by atoms with Gasteiger partial charge in [-0.05, 0) is 49.7 Å². The molecule has 160 valence electrons. The second-order valence-corrected chi connectivity index (χ2v) is 8.47. The van der Waals surface area contributed by atoms with E-state index in [2.05, 4.69) is 52.5 Å². The molecule has 0 unspecified atom stereocenters. The number of rotatable bonds is 3. The van der Waals surface area contributed by atoms with Gasteiger partial charge in [-0.2, -0.15) is 0 Å². The minimum absolute atomic E-state index is 0.180. The van der Waals surface area contributed by atoms with Gasteiger partial charge in [-0.1, -0.05) is 47.0 Å². The third-order valence-electron chi connectivity index (χ3n) is 5.37. The summed E-state index contributed by atoms with van der Waals surface area (Å²) in [5, 5.41) is 12.6. The van der Waals surface area contributed by atoms with Crippen LogP contribution in [0.2, 0.25) is 10.0 Å². The molecule has 1 aromatic heterocycles. The van der Waals surface area contributed by atoms with E-state index in [9.17, 15) is 4.79 Å². The van der Waals surface area contributed by atoms with Crippen molar-refractivity contribution in [3.8, 4) is 11.3 Å². The number of carbonyl (C=O) groups excluding carboxylic acids is 1. The number of anilines is 2. The van der Waals surface area contributed by atoms with Crippen molar-refractivity contribution in [2.24, 2.45) is 0 Å². The summed E-state index contributed by atoms with van der Waals surface area (Å²) >= 11 is 12.1. The molecule has 2 heterocycles. The number of nitrogens with one attached hydrogen (secondary N) is 1. The van der Waals surface area contributed by atoms with Gasteiger partial charge >= 0.3 is 6.03 Å². The molecule has 8 heteroatoms. The predicted molar refractivity (Wildman–Crippen MR) is 126 cm³/mol. The van der Waals surface area contributed by atoms with E-state index >= 15 is 0 Å². The number of aryl methyl sites for hydroxylation is 2. The Morgan fingerprint density at radius 1 is 0.935 bits per heavy atom. The summed E-state index contributed by atoms with van der Waals surface area (Å²) in [7, 11) is 0. The van der Waals surface area contributed by atoms with E-state index in [4.69, 9.17) is 23.2 Å². The van der Waals surface area contributed by atoms with Crippen LogP contribution in [0.1, 0.15) is 11.1 Å². The van der Waals surface area contributed by atoms with Crippen LogP contribution in [0, 0.1) is 13.8 Å². The fourth-order valence-corrected chi connectivity index (χ4v) is 4.12. The first kappa shape index (κ1) is 21.4. The van der Waals surface area contributed by atoms with Crippen LogP contribution in [0.3, 0.4) is 0 Å². The molecule has 0 spiro atoms. The Morgan fingerprint density at radius 2 is 1.71 bits per heavy atom. The zero-order valence-corrected chi connectivity index (χ0v) is 18.9. The summed E-state index contributed by atoms with van der Waals surface area (Å²) < 4.78 is 0. The first-order valence-electron chi connectivity index (χ1n) is 10.1. The van der Waals surface area contributed by atoms with E-state index in [1.807, 2.05) is 12.1 Å². The fraction of sp³-hybridized carbons (Fsp3) is 0.261. The van der Waals surface area contributed by atoms with Crippen LogP contribution < -0.4 is 10.2 Å². The standard InChI is InChI=1S/C23H23Cl2N5O/c1-15-3-5-18(16(2)13-15)20-7-8-22(28-27-20)29-9-11-30(12-10-29)23(31)26-21-6-4-17(24)14-19(21)25/h3-8,13-14H,9-12H2,1-2H3,(H,26,31). The molecule has 0 radical (unpaired) electrons. The molecule has 3 aromatic rings. The second-order valence-electron chi connectivity index (χ2n) is 7.62. The number of amides is 2. The lowest BCUT2D eigenvalue weighted by atomic mass is 10.0. The Hall–Kier alpha value is -2.83. The van der Waals surface area contributed by atoms with Crippen molar-refractivity contribution in [3.63, 3.8) is 0 Å². The molecule has 0 bridgehead atoms. The zero-order chi connectivity index (χ0) is 22.0. The highest BCUT2D eigenvalue weighted by Crippen LogP contribution is 2.26. The largest absolute Gasteiger partial charge is 0.352 e. The number of carbonyl (C=O) groups is 1. The van der Waals surface area contributed by atoms with Crippen molar-refractivity contribution in [1.29, 1.82) is 0 Å². The molecule has 1 N–H and O–H groups in total. The number of benzene rings is 2. The third-order valence-corrected chi connectivity index (χ3v) is 5.92. The highest BCUT2D eigenvalue weighted by atomic mass is 35.5. The monoisotopic (exact) mass is 455 g/mol. The van der Waals surface area contributed by atoms with Gasteiger partial charge in [-0.3, -0.25) is 0 Å². The van der Waals surface area contributed by atoms with Crippen LogP contribution >= 0.6 is 23.2 Å². The lowest BCUT2D eigenvalue weighted by molar-refractivity contribution is 0.208. The van der Waals surface area contributed by atoms with E-state index in [0.717, 1.165) is 17.1 Å². The maximum atomic E-state index is 12.6. The molecule has 2 amide bonds. The van der Waals surface area contributed by atoms with Crippen LogP contribution in [0.25, 0.3) is 11.3 Å². The molecule has 4 rings (SSSR count). The Kier molecular flexibility index (Phi) is 6.30. The van der Waals surface area contributed by atoms with Crippen LogP contribution in [0.15, 0.2) is 48.5 Å². The zero-order valence-electron chi connectivity index (χ0n) is 17.4. The topological polar surface area (TPSA) is 61.4 Å². The number of hydrogen-bond acceptors (Lipinski definition) is 4. The Bertz CT molecular complexity index is 1100. The predicted octanol–water partition coefficient (Wildman–Crippen LogP) is 5.42. The van der Waals surface area contributed by atoms with Crippen molar-refractivity contribution in [2.75, 3.05) is 36.4 Å². The van der Waals surface area contributed by atoms with Gasteiger partial charge in [-0.15, -0.1) is 10.2 Å². The number of nitrogens with zero attached hydrogens (tertiary/aromatic N) is 4. The first-order valence-corrected chi connectivity index (χ1v) is 10.8. The summed E-state index contributed by atoms with van der Waals surface area (Å²) in [4.78, 5) is 16.5. The van der Waals surface area contributed by atoms with Crippen molar-refractivity contribution in [1.82, 2.24) is 15.1 Å². The minimum atomic E-state index is -0.180. The van der Waals surface area contributed by atoms with Crippen molar-refractivity contribution >= 4 is 40.7 Å². The third kappa shape index (κ3) is 4.92. The Balaban J connectivity index is 1.36. The quantitative estimate of drug-likeness (QED) is 0.572. The van der Waals surface area contributed by atoms with E-state index in [0.29, 0.717) is 41.9 Å². The number of halogens is 2. The van der Waals surface area contributed by atoms with E-state index < -0.39 is 0 Å². The molecule has 0 aliphatic carbocycles. The van der Waals surface area contributed by atoms with E-state index in [1.54, 1.807) is 23.1 Å². The molecule has 31 heavy (non-hydrogen) atoms. The molecule has 0 atom stereocenters. The van der Waals surface area contributed by atoms with Crippen LogP contribution in [-0.4, -0.2) is 47.3 Å². The van der Waals surface area contributed by atoms with Crippen molar-refractivity contribution < 1.29 is 4.79 Å². The van der Waals surface area contributed by atoms with Crippen LogP contribution in [0.4, 0.5) is 16.3 Å². The van der Waals surface area contributed by atoms with Gasteiger partial charge in [0.05, 0.1) is 16.4 Å². The number of aromatic nitrogens is 2. The molecule has 0 saturated carbocycles. The molecular formula is C23H23Cl2N5O. The van der Waals surface area contributed by atoms with E-state index in [-0.39, 0.29) is 6.03 Å². The highest BCUT2D eigenvalue weighted by molar-refractivity contribution is 6.36. The van der Waals surface area contributed by atoms with Gasteiger partial charge < -0.3 is 15.1 Å². The molecule has 1 aliphatic heterocycles. The van der Waals surface area contributed by atoms with Gasteiger partial charge in [0.2, 0.25) is 0 Å². The first-order chi connectivity index (χ1) is 14.9. The minimum Gasteiger partial charge on any atom is -0.352 e. The number of piperazine rings is 1. The Morgan fingerprint density at radius 3 is 2.35 bits per heavy atom. The summed E-state index contributed by atoms with van der Waals surface area (Å²) in [6.45, 7) is 6.68. The smallest absolute Gasteiger partial charge is 0.322 e. The van der Waals surface area contributed by atoms with Crippen molar-refractivity contribution in [2.45, 2.75) is 13.8 Å². The normalized spacial score (nSPS) is 13.9. The second kappa shape index (κ2) is 9.12.